The van der Waals surface area contributed by atoms with Gasteiger partial charge in [0.15, 0.2) is 0 Å². The van der Waals surface area contributed by atoms with Crippen LogP contribution in [0.25, 0.3) is 0 Å². The van der Waals surface area contributed by atoms with Crippen LogP contribution < -0.4 is 14.8 Å². The van der Waals surface area contributed by atoms with Crippen molar-refractivity contribution in [3.05, 3.63) is 78.6 Å². The van der Waals surface area contributed by atoms with Crippen LogP contribution in [-0.2, 0) is 10.0 Å². The van der Waals surface area contributed by atoms with E-state index in [9.17, 15) is 13.2 Å². The zero-order valence-corrected chi connectivity index (χ0v) is 15.2. The smallest absolute Gasteiger partial charge is 0.274 e. The Morgan fingerprint density at radius 2 is 1.78 bits per heavy atom. The number of aromatic nitrogens is 1. The molecule has 0 unspecified atom stereocenters. The van der Waals surface area contributed by atoms with Gasteiger partial charge in [0.05, 0.1) is 17.7 Å². The number of hydrogen-bond acceptors (Lipinski definition) is 5. The number of amides is 1. The molecule has 27 heavy (non-hydrogen) atoms. The number of nitrogens with zero attached hydrogens (tertiary/aromatic N) is 1. The van der Waals surface area contributed by atoms with Gasteiger partial charge in [0, 0.05) is 11.9 Å². The quantitative estimate of drug-likeness (QED) is 0.681. The van der Waals surface area contributed by atoms with E-state index in [1.165, 1.54) is 25.4 Å². The Balaban J connectivity index is 1.83. The van der Waals surface area contributed by atoms with Crippen LogP contribution >= 0.6 is 0 Å². The van der Waals surface area contributed by atoms with Crippen molar-refractivity contribution < 1.29 is 17.9 Å². The number of rotatable bonds is 6. The van der Waals surface area contributed by atoms with Crippen LogP contribution in [0.1, 0.15) is 10.5 Å². The van der Waals surface area contributed by atoms with Crippen molar-refractivity contribution in [2.45, 2.75) is 4.90 Å². The molecule has 1 aromatic heterocycles. The highest BCUT2D eigenvalue weighted by Crippen LogP contribution is 2.26. The monoisotopic (exact) mass is 383 g/mol. The first kappa shape index (κ1) is 18.4. The Hall–Kier alpha value is -3.39. The molecule has 0 aliphatic heterocycles. The lowest BCUT2D eigenvalue weighted by molar-refractivity contribution is 0.102. The Bertz CT molecular complexity index is 1050. The second-order valence-corrected chi connectivity index (χ2v) is 7.19. The number of benzene rings is 2. The van der Waals surface area contributed by atoms with Crippen LogP contribution in [0.5, 0.6) is 5.75 Å². The fourth-order valence-corrected chi connectivity index (χ4v) is 3.48. The first-order valence-corrected chi connectivity index (χ1v) is 9.46. The third kappa shape index (κ3) is 4.42. The average molecular weight is 383 g/mol. The Morgan fingerprint density at radius 1 is 1.00 bits per heavy atom. The number of carbonyl (C=O) groups excluding carboxylic acids is 1. The summed E-state index contributed by atoms with van der Waals surface area (Å²) in [6, 6.07) is 17.6. The van der Waals surface area contributed by atoms with Crippen LogP contribution in [-0.4, -0.2) is 26.4 Å². The van der Waals surface area contributed by atoms with Gasteiger partial charge in [0.2, 0.25) is 0 Å². The predicted molar refractivity (Wildman–Crippen MR) is 102 cm³/mol. The van der Waals surface area contributed by atoms with Gasteiger partial charge >= 0.3 is 0 Å². The molecule has 0 atom stereocenters. The van der Waals surface area contributed by atoms with E-state index in [4.69, 9.17) is 4.74 Å². The first-order chi connectivity index (χ1) is 13.0. The van der Waals surface area contributed by atoms with Gasteiger partial charge < -0.3 is 10.1 Å². The molecule has 0 spiro atoms. The molecule has 3 aromatic rings. The van der Waals surface area contributed by atoms with E-state index in [1.807, 2.05) is 0 Å². The number of para-hydroxylation sites is 2. The van der Waals surface area contributed by atoms with Crippen molar-refractivity contribution in [3.63, 3.8) is 0 Å². The standard InChI is InChI=1S/C19H17N3O4S/c1-26-18-11-3-2-9-16(18)22-27(24,25)15-8-6-7-14(13-15)21-19(23)17-10-4-5-12-20-17/h2-13,22H,1H3,(H,21,23). The predicted octanol–water partition coefficient (Wildman–Crippen LogP) is 3.14. The summed E-state index contributed by atoms with van der Waals surface area (Å²) in [4.78, 5) is 16.2. The number of ether oxygens (including phenoxy) is 1. The second kappa shape index (κ2) is 7.88. The summed E-state index contributed by atoms with van der Waals surface area (Å²) in [5.74, 6) is -0.0245. The zero-order chi connectivity index (χ0) is 19.3. The summed E-state index contributed by atoms with van der Waals surface area (Å²) in [6.07, 6.45) is 1.51. The maximum atomic E-state index is 12.7. The summed E-state index contributed by atoms with van der Waals surface area (Å²) in [7, 11) is -2.41. The minimum atomic E-state index is -3.87. The molecule has 0 saturated heterocycles. The van der Waals surface area contributed by atoms with E-state index in [0.717, 1.165) is 0 Å². The van der Waals surface area contributed by atoms with Crippen LogP contribution in [0.4, 0.5) is 11.4 Å². The molecule has 2 N–H and O–H groups in total. The van der Waals surface area contributed by atoms with Gasteiger partial charge in [0.1, 0.15) is 11.4 Å². The Kier molecular flexibility index (Phi) is 5.37. The molecule has 1 heterocycles. The van der Waals surface area contributed by atoms with Crippen molar-refractivity contribution in [1.82, 2.24) is 4.98 Å². The normalized spacial score (nSPS) is 10.9. The number of anilines is 2. The highest BCUT2D eigenvalue weighted by Gasteiger charge is 2.17. The lowest BCUT2D eigenvalue weighted by atomic mass is 10.3. The summed E-state index contributed by atoms with van der Waals surface area (Å²) in [6.45, 7) is 0. The van der Waals surface area contributed by atoms with Crippen LogP contribution in [0.2, 0.25) is 0 Å². The molecule has 0 radical (unpaired) electrons. The van der Waals surface area contributed by atoms with Gasteiger partial charge in [-0.2, -0.15) is 0 Å². The third-order valence-corrected chi connectivity index (χ3v) is 5.01. The van der Waals surface area contributed by atoms with Gasteiger partial charge in [-0.05, 0) is 42.5 Å². The van der Waals surface area contributed by atoms with E-state index in [1.54, 1.807) is 54.6 Å². The number of carbonyl (C=O) groups is 1. The van der Waals surface area contributed by atoms with Gasteiger partial charge in [-0.15, -0.1) is 0 Å². The molecule has 3 rings (SSSR count). The van der Waals surface area contributed by atoms with Gasteiger partial charge in [-0.1, -0.05) is 24.3 Å². The zero-order valence-electron chi connectivity index (χ0n) is 14.4. The molecule has 2 aromatic carbocycles. The molecule has 1 amide bonds. The minimum Gasteiger partial charge on any atom is -0.495 e. The molecule has 138 valence electrons. The number of nitrogens with one attached hydrogen (secondary N) is 2. The van der Waals surface area contributed by atoms with Crippen molar-refractivity contribution >= 4 is 27.3 Å². The number of methoxy groups -OCH3 is 1. The van der Waals surface area contributed by atoms with Crippen molar-refractivity contribution in [2.24, 2.45) is 0 Å². The van der Waals surface area contributed by atoms with Crippen molar-refractivity contribution in [1.29, 1.82) is 0 Å². The van der Waals surface area contributed by atoms with Gasteiger partial charge in [0.25, 0.3) is 15.9 Å². The number of pyridine rings is 1. The minimum absolute atomic E-state index is 0.00669. The van der Waals surface area contributed by atoms with Gasteiger partial charge in [-0.3, -0.25) is 14.5 Å². The maximum Gasteiger partial charge on any atom is 0.274 e. The topological polar surface area (TPSA) is 97.4 Å². The number of hydrogen-bond donors (Lipinski definition) is 2. The van der Waals surface area contributed by atoms with Crippen LogP contribution in [0.15, 0.2) is 77.8 Å². The fraction of sp³-hybridized carbons (Fsp3) is 0.0526. The molecule has 0 bridgehead atoms. The molecule has 0 aliphatic carbocycles. The SMILES string of the molecule is COc1ccccc1NS(=O)(=O)c1cccc(NC(=O)c2ccccn2)c1. The molecular weight excluding hydrogens is 366 g/mol. The third-order valence-electron chi connectivity index (χ3n) is 3.65. The highest BCUT2D eigenvalue weighted by atomic mass is 32.2. The maximum absolute atomic E-state index is 12.7. The Morgan fingerprint density at radius 3 is 2.52 bits per heavy atom. The molecule has 7 nitrogen and oxygen atoms in total. The summed E-state index contributed by atoms with van der Waals surface area (Å²) < 4.78 is 33.0. The summed E-state index contributed by atoms with van der Waals surface area (Å²) >= 11 is 0. The van der Waals surface area contributed by atoms with E-state index in [2.05, 4.69) is 15.0 Å². The lowest BCUT2D eigenvalue weighted by Gasteiger charge is -2.12. The molecular formula is C19H17N3O4S. The largest absolute Gasteiger partial charge is 0.495 e. The van der Waals surface area contributed by atoms with E-state index in [-0.39, 0.29) is 10.6 Å². The lowest BCUT2D eigenvalue weighted by Crippen LogP contribution is -2.16. The number of sulfonamides is 1. The Labute approximate surface area is 157 Å². The summed E-state index contributed by atoms with van der Waals surface area (Å²) in [5, 5.41) is 2.64. The average Bonchev–Trinajstić information content (AvgIpc) is 2.69. The van der Waals surface area contributed by atoms with E-state index < -0.39 is 15.9 Å². The van der Waals surface area contributed by atoms with Crippen molar-refractivity contribution in [2.75, 3.05) is 17.1 Å². The highest BCUT2D eigenvalue weighted by molar-refractivity contribution is 7.92. The molecule has 0 aliphatic rings. The first-order valence-electron chi connectivity index (χ1n) is 7.98. The fourth-order valence-electron chi connectivity index (χ4n) is 2.37. The van der Waals surface area contributed by atoms with Crippen LogP contribution in [0, 0.1) is 0 Å². The summed E-state index contributed by atoms with van der Waals surface area (Å²) in [5.41, 5.74) is 0.898. The van der Waals surface area contributed by atoms with E-state index >= 15 is 0 Å². The molecule has 0 saturated carbocycles. The van der Waals surface area contributed by atoms with Crippen molar-refractivity contribution in [3.8, 4) is 5.75 Å². The molecule has 0 fully saturated rings. The second-order valence-electron chi connectivity index (χ2n) is 5.50. The van der Waals surface area contributed by atoms with Gasteiger partial charge in [-0.25, -0.2) is 8.42 Å². The van der Waals surface area contributed by atoms with E-state index in [0.29, 0.717) is 17.1 Å². The van der Waals surface area contributed by atoms with Crippen LogP contribution in [0.3, 0.4) is 0 Å². The molecule has 8 heteroatoms.